The molecular weight excluding hydrogens is 480 g/mol. The summed E-state index contributed by atoms with van der Waals surface area (Å²) in [5.74, 6) is 0.362. The number of hydrogen-bond donors (Lipinski definition) is 3. The number of H-pyrrole nitrogens is 1. The molecule has 3 heterocycles. The number of aromatic amines is 1. The van der Waals surface area contributed by atoms with Crippen molar-refractivity contribution in [1.29, 1.82) is 0 Å². The quantitative estimate of drug-likeness (QED) is 0.340. The summed E-state index contributed by atoms with van der Waals surface area (Å²) in [4.78, 5) is 31.3. The summed E-state index contributed by atoms with van der Waals surface area (Å²) in [5.41, 5.74) is 4.57. The Bertz CT molecular complexity index is 1790. The average molecular weight is 509 g/mol. The van der Waals surface area contributed by atoms with Crippen LogP contribution in [0.3, 0.4) is 0 Å². The third kappa shape index (κ3) is 3.72. The highest BCUT2D eigenvalue weighted by Crippen LogP contribution is 2.36. The van der Waals surface area contributed by atoms with Crippen LogP contribution in [0.15, 0.2) is 76.3 Å². The monoisotopic (exact) mass is 508 g/mol. The molecule has 1 aliphatic rings. The molecule has 1 aliphatic heterocycles. The predicted octanol–water partition coefficient (Wildman–Crippen LogP) is 4.04. The van der Waals surface area contributed by atoms with Crippen LogP contribution in [0, 0.1) is 13.8 Å². The first kappa shape index (κ1) is 23.8. The fraction of sp³-hybridized carbons (Fsp3) is 0.200. The van der Waals surface area contributed by atoms with Crippen molar-refractivity contribution >= 4 is 10.9 Å². The first-order valence-electron chi connectivity index (χ1n) is 12.5. The molecule has 3 aromatic carbocycles. The lowest BCUT2D eigenvalue weighted by Crippen LogP contribution is -2.43. The van der Waals surface area contributed by atoms with Crippen LogP contribution < -0.4 is 21.3 Å². The predicted molar refractivity (Wildman–Crippen MR) is 147 cm³/mol. The number of hydrogen-bond acceptors (Lipinski definition) is 5. The zero-order chi connectivity index (χ0) is 26.6. The Balaban J connectivity index is 1.65. The molecule has 0 amide bonds. The van der Waals surface area contributed by atoms with Crippen LogP contribution in [-0.4, -0.2) is 32.9 Å². The SMILES string of the molecule is COc1ccc2[nH]c3c(c2c1)CCNC3c1c(O)n(-c2ccc(C)cc2)c(=O)n(-c2ccc(C)cc2)c1=O. The number of methoxy groups -OCH3 is 1. The lowest BCUT2D eigenvalue weighted by Gasteiger charge is -2.26. The van der Waals surface area contributed by atoms with Crippen LogP contribution in [0.1, 0.15) is 34.0 Å². The summed E-state index contributed by atoms with van der Waals surface area (Å²) in [7, 11) is 1.63. The lowest BCUT2D eigenvalue weighted by atomic mass is 9.95. The van der Waals surface area contributed by atoms with Crippen LogP contribution in [0.25, 0.3) is 22.3 Å². The Morgan fingerprint density at radius 2 is 1.53 bits per heavy atom. The molecule has 1 atom stereocenters. The van der Waals surface area contributed by atoms with E-state index >= 15 is 0 Å². The Morgan fingerprint density at radius 1 is 0.895 bits per heavy atom. The zero-order valence-electron chi connectivity index (χ0n) is 21.4. The standard InChI is InChI=1S/C30H28N4O4/c1-17-4-8-19(9-5-17)33-28(35)25(29(36)34(30(33)37)20-10-6-18(2)7-11-20)27-26-22(14-15-31-27)23-16-21(38-3)12-13-24(23)32-26/h4-13,16,27,31-32,35H,14-15H2,1-3H3. The van der Waals surface area contributed by atoms with Gasteiger partial charge in [0, 0.05) is 23.1 Å². The lowest BCUT2D eigenvalue weighted by molar-refractivity contribution is 0.406. The number of aromatic nitrogens is 3. The summed E-state index contributed by atoms with van der Waals surface area (Å²) >= 11 is 0. The number of ether oxygens (including phenoxy) is 1. The van der Waals surface area contributed by atoms with Crippen LogP contribution in [0.5, 0.6) is 11.6 Å². The van der Waals surface area contributed by atoms with Crippen molar-refractivity contribution in [2.45, 2.75) is 26.3 Å². The van der Waals surface area contributed by atoms with Crippen LogP contribution in [-0.2, 0) is 6.42 Å². The van der Waals surface area contributed by atoms with Gasteiger partial charge in [-0.3, -0.25) is 4.79 Å². The van der Waals surface area contributed by atoms with Crippen LogP contribution in [0.4, 0.5) is 0 Å². The molecular formula is C30H28N4O4. The second kappa shape index (κ2) is 9.08. The average Bonchev–Trinajstić information content (AvgIpc) is 3.29. The third-order valence-electron chi connectivity index (χ3n) is 7.30. The highest BCUT2D eigenvalue weighted by molar-refractivity contribution is 5.86. The summed E-state index contributed by atoms with van der Waals surface area (Å²) < 4.78 is 7.77. The Hall–Kier alpha value is -4.56. The van der Waals surface area contributed by atoms with E-state index in [9.17, 15) is 14.7 Å². The normalized spacial score (nSPS) is 15.0. The number of nitrogens with one attached hydrogen (secondary N) is 2. The van der Waals surface area contributed by atoms with Crippen molar-refractivity contribution in [2.75, 3.05) is 13.7 Å². The van der Waals surface area contributed by atoms with Crippen molar-refractivity contribution in [1.82, 2.24) is 19.4 Å². The van der Waals surface area contributed by atoms with E-state index in [2.05, 4.69) is 10.3 Å². The van der Waals surface area contributed by atoms with Crippen molar-refractivity contribution in [3.8, 4) is 23.0 Å². The highest BCUT2D eigenvalue weighted by atomic mass is 16.5. The van der Waals surface area contributed by atoms with Gasteiger partial charge in [-0.2, -0.15) is 0 Å². The molecule has 0 saturated carbocycles. The topological polar surface area (TPSA) is 101 Å². The number of aryl methyl sites for hydroxylation is 2. The molecule has 8 heteroatoms. The molecule has 38 heavy (non-hydrogen) atoms. The van der Waals surface area contributed by atoms with E-state index in [-0.39, 0.29) is 11.4 Å². The molecule has 0 saturated heterocycles. The second-order valence-electron chi connectivity index (χ2n) is 9.73. The van der Waals surface area contributed by atoms with Gasteiger partial charge >= 0.3 is 5.69 Å². The third-order valence-corrected chi connectivity index (χ3v) is 7.30. The molecule has 0 spiro atoms. The number of nitrogens with zero attached hydrogens (tertiary/aromatic N) is 2. The van der Waals surface area contributed by atoms with Gasteiger partial charge in [0.1, 0.15) is 11.3 Å². The molecule has 0 fully saturated rings. The van der Waals surface area contributed by atoms with Gasteiger partial charge in [0.15, 0.2) is 0 Å². The fourth-order valence-corrected chi connectivity index (χ4v) is 5.30. The van der Waals surface area contributed by atoms with E-state index in [0.717, 1.165) is 50.0 Å². The Kier molecular flexibility index (Phi) is 5.69. The van der Waals surface area contributed by atoms with Crippen molar-refractivity contribution < 1.29 is 9.84 Å². The molecule has 0 aliphatic carbocycles. The van der Waals surface area contributed by atoms with E-state index in [1.807, 2.05) is 56.3 Å². The zero-order valence-corrected chi connectivity index (χ0v) is 21.4. The molecule has 1 unspecified atom stereocenters. The van der Waals surface area contributed by atoms with Gasteiger partial charge in [0.25, 0.3) is 5.56 Å². The molecule has 3 N–H and O–H groups in total. The van der Waals surface area contributed by atoms with Gasteiger partial charge in [0.2, 0.25) is 5.88 Å². The van der Waals surface area contributed by atoms with Crippen molar-refractivity contribution in [2.24, 2.45) is 0 Å². The minimum absolute atomic E-state index is 0.102. The van der Waals surface area contributed by atoms with E-state index in [1.165, 1.54) is 4.57 Å². The maximum atomic E-state index is 14.1. The number of aromatic hydroxyl groups is 1. The minimum Gasteiger partial charge on any atom is -0.497 e. The molecule has 2 aromatic heterocycles. The maximum absolute atomic E-state index is 14.1. The molecule has 0 bridgehead atoms. The molecule has 0 radical (unpaired) electrons. The first-order chi connectivity index (χ1) is 18.4. The molecule has 6 rings (SSSR count). The fourth-order valence-electron chi connectivity index (χ4n) is 5.30. The van der Waals surface area contributed by atoms with Gasteiger partial charge in [-0.25, -0.2) is 13.9 Å². The van der Waals surface area contributed by atoms with Crippen LogP contribution >= 0.6 is 0 Å². The molecule has 5 aromatic rings. The van der Waals surface area contributed by atoms with Crippen molar-refractivity contribution in [3.05, 3.63) is 116 Å². The second-order valence-corrected chi connectivity index (χ2v) is 9.73. The summed E-state index contributed by atoms with van der Waals surface area (Å²) in [6.45, 7) is 4.48. The van der Waals surface area contributed by atoms with E-state index in [1.54, 1.807) is 31.4 Å². The number of rotatable bonds is 4. The van der Waals surface area contributed by atoms with Gasteiger partial charge in [-0.05, 0) is 68.3 Å². The van der Waals surface area contributed by atoms with Crippen molar-refractivity contribution in [3.63, 3.8) is 0 Å². The van der Waals surface area contributed by atoms with E-state index < -0.39 is 17.3 Å². The Morgan fingerprint density at radius 3 is 2.16 bits per heavy atom. The van der Waals surface area contributed by atoms with E-state index in [4.69, 9.17) is 4.74 Å². The summed E-state index contributed by atoms with van der Waals surface area (Å²) in [5, 5.41) is 16.0. The van der Waals surface area contributed by atoms with Gasteiger partial charge in [-0.15, -0.1) is 0 Å². The first-order valence-corrected chi connectivity index (χ1v) is 12.5. The largest absolute Gasteiger partial charge is 0.497 e. The van der Waals surface area contributed by atoms with E-state index in [0.29, 0.717) is 17.9 Å². The summed E-state index contributed by atoms with van der Waals surface area (Å²) in [6.07, 6.45) is 0.740. The van der Waals surface area contributed by atoms with Gasteiger partial charge in [0.05, 0.1) is 24.5 Å². The van der Waals surface area contributed by atoms with Crippen LogP contribution in [0.2, 0.25) is 0 Å². The minimum atomic E-state index is -0.654. The Labute approximate surface area is 218 Å². The molecule has 192 valence electrons. The van der Waals surface area contributed by atoms with Gasteiger partial charge < -0.3 is 20.1 Å². The smallest absolute Gasteiger partial charge is 0.343 e. The number of fused-ring (bicyclic) bond motifs is 3. The maximum Gasteiger partial charge on any atom is 0.343 e. The highest BCUT2D eigenvalue weighted by Gasteiger charge is 2.33. The number of benzene rings is 3. The summed E-state index contributed by atoms with van der Waals surface area (Å²) in [6, 6.07) is 19.6. The molecule has 8 nitrogen and oxygen atoms in total. The van der Waals surface area contributed by atoms with Gasteiger partial charge in [-0.1, -0.05) is 35.4 Å².